The second kappa shape index (κ2) is 5.04. The lowest BCUT2D eigenvalue weighted by Gasteiger charge is -2.19. The van der Waals surface area contributed by atoms with Crippen molar-refractivity contribution in [1.29, 1.82) is 0 Å². The zero-order chi connectivity index (χ0) is 14.1. The molecule has 0 bridgehead atoms. The summed E-state index contributed by atoms with van der Waals surface area (Å²) in [5.41, 5.74) is 9.21. The van der Waals surface area contributed by atoms with Crippen LogP contribution in [0.15, 0.2) is 36.4 Å². The first kappa shape index (κ1) is 12.8. The predicted octanol–water partition coefficient (Wildman–Crippen LogP) is 2.97. The summed E-state index contributed by atoms with van der Waals surface area (Å²) in [6, 6.07) is 12.3. The Morgan fingerprint density at radius 2 is 1.75 bits per heavy atom. The molecule has 0 aliphatic carbocycles. The van der Waals surface area contributed by atoms with Crippen LogP contribution in [0.5, 0.6) is 5.88 Å². The number of hydrogen-bond donors (Lipinski definition) is 1. The molecule has 0 amide bonds. The molecule has 0 fully saturated rings. The third kappa shape index (κ3) is 2.41. The number of pyridine rings is 1. The molecule has 0 spiro atoms. The predicted molar refractivity (Wildman–Crippen MR) is 80.7 cm³/mol. The van der Waals surface area contributed by atoms with E-state index in [1.807, 2.05) is 26.0 Å². The van der Waals surface area contributed by atoms with Crippen molar-refractivity contribution in [3.63, 3.8) is 0 Å². The second-order valence-corrected chi connectivity index (χ2v) is 5.36. The number of aromatic nitrogens is 1. The topological polar surface area (TPSA) is 51.4 Å². The monoisotopic (exact) mass is 269 g/mol. The van der Waals surface area contributed by atoms with Gasteiger partial charge >= 0.3 is 0 Å². The molecule has 0 radical (unpaired) electrons. The number of anilines is 2. The molecule has 0 atom stereocenters. The van der Waals surface area contributed by atoms with E-state index < -0.39 is 0 Å². The van der Waals surface area contributed by atoms with E-state index in [0.717, 1.165) is 18.9 Å². The summed E-state index contributed by atoms with van der Waals surface area (Å²) in [5.74, 6) is 1.43. The van der Waals surface area contributed by atoms with Crippen LogP contribution in [-0.2, 0) is 13.1 Å². The van der Waals surface area contributed by atoms with Gasteiger partial charge in [-0.1, -0.05) is 24.3 Å². The molecule has 2 heterocycles. The van der Waals surface area contributed by atoms with Gasteiger partial charge in [0.05, 0.1) is 11.8 Å². The number of nitrogens with zero attached hydrogens (tertiary/aromatic N) is 2. The van der Waals surface area contributed by atoms with Gasteiger partial charge in [0.1, 0.15) is 5.82 Å². The summed E-state index contributed by atoms with van der Waals surface area (Å²) < 4.78 is 5.66. The van der Waals surface area contributed by atoms with Crippen molar-refractivity contribution in [2.24, 2.45) is 0 Å². The van der Waals surface area contributed by atoms with Crippen molar-refractivity contribution in [3.8, 4) is 5.88 Å². The summed E-state index contributed by atoms with van der Waals surface area (Å²) in [4.78, 5) is 6.79. The van der Waals surface area contributed by atoms with Crippen molar-refractivity contribution in [1.82, 2.24) is 4.98 Å². The summed E-state index contributed by atoms with van der Waals surface area (Å²) in [6.07, 6.45) is 0.0656. The van der Waals surface area contributed by atoms with Crippen LogP contribution < -0.4 is 15.4 Å². The van der Waals surface area contributed by atoms with Crippen LogP contribution in [0, 0.1) is 0 Å². The summed E-state index contributed by atoms with van der Waals surface area (Å²) in [5, 5.41) is 0. The van der Waals surface area contributed by atoms with Crippen molar-refractivity contribution in [2.45, 2.75) is 33.0 Å². The zero-order valence-electron chi connectivity index (χ0n) is 11.8. The Morgan fingerprint density at radius 1 is 1.10 bits per heavy atom. The van der Waals surface area contributed by atoms with E-state index >= 15 is 0 Å². The van der Waals surface area contributed by atoms with Crippen LogP contribution >= 0.6 is 0 Å². The van der Waals surface area contributed by atoms with Gasteiger partial charge < -0.3 is 15.4 Å². The van der Waals surface area contributed by atoms with Gasteiger partial charge in [-0.25, -0.2) is 0 Å². The highest BCUT2D eigenvalue weighted by atomic mass is 16.5. The molecule has 1 aliphatic rings. The largest absolute Gasteiger partial charge is 0.473 e. The molecular formula is C16H19N3O. The third-order valence-electron chi connectivity index (χ3n) is 3.39. The number of fused-ring (bicyclic) bond motifs is 1. The second-order valence-electron chi connectivity index (χ2n) is 5.36. The highest BCUT2D eigenvalue weighted by Crippen LogP contribution is 2.30. The van der Waals surface area contributed by atoms with E-state index in [4.69, 9.17) is 10.5 Å². The van der Waals surface area contributed by atoms with Gasteiger partial charge in [-0.2, -0.15) is 4.98 Å². The third-order valence-corrected chi connectivity index (χ3v) is 3.39. The molecule has 2 N–H and O–H groups in total. The molecule has 104 valence electrons. The maximum atomic E-state index is 5.91. The summed E-state index contributed by atoms with van der Waals surface area (Å²) in [6.45, 7) is 5.71. The lowest BCUT2D eigenvalue weighted by molar-refractivity contribution is 0.234. The molecule has 20 heavy (non-hydrogen) atoms. The number of nitrogen functional groups attached to an aromatic ring is 1. The minimum Gasteiger partial charge on any atom is -0.473 e. The Bertz CT molecular complexity index is 600. The van der Waals surface area contributed by atoms with E-state index in [-0.39, 0.29) is 6.10 Å². The smallest absolute Gasteiger partial charge is 0.239 e. The van der Waals surface area contributed by atoms with Gasteiger partial charge in [0.25, 0.3) is 0 Å². The first-order valence-electron chi connectivity index (χ1n) is 6.88. The standard InChI is InChI=1S/C16H19N3O/c1-11(2)20-16-14(17)7-8-15(18-16)19-9-12-5-3-4-6-13(12)10-19/h3-8,11H,9-10,17H2,1-2H3. The van der Waals surface area contributed by atoms with Crippen LogP contribution in [0.2, 0.25) is 0 Å². The molecule has 2 aromatic rings. The average Bonchev–Trinajstić information content (AvgIpc) is 2.84. The Labute approximate surface area is 119 Å². The van der Waals surface area contributed by atoms with E-state index in [1.165, 1.54) is 11.1 Å². The van der Waals surface area contributed by atoms with E-state index in [0.29, 0.717) is 11.6 Å². The normalized spacial score (nSPS) is 13.7. The molecule has 1 aromatic heterocycles. The zero-order valence-corrected chi connectivity index (χ0v) is 11.8. The maximum absolute atomic E-state index is 5.91. The maximum Gasteiger partial charge on any atom is 0.239 e. The van der Waals surface area contributed by atoms with Gasteiger partial charge in [0, 0.05) is 13.1 Å². The van der Waals surface area contributed by atoms with E-state index in [9.17, 15) is 0 Å². The molecule has 0 saturated heterocycles. The Hall–Kier alpha value is -2.23. The summed E-state index contributed by atoms with van der Waals surface area (Å²) in [7, 11) is 0. The van der Waals surface area contributed by atoms with Crippen molar-refractivity contribution in [2.75, 3.05) is 10.6 Å². The lowest BCUT2D eigenvalue weighted by Crippen LogP contribution is -2.17. The van der Waals surface area contributed by atoms with Gasteiger partial charge in [-0.3, -0.25) is 0 Å². The molecule has 4 heteroatoms. The first-order chi connectivity index (χ1) is 9.63. The van der Waals surface area contributed by atoms with E-state index in [2.05, 4.69) is 34.1 Å². The number of ether oxygens (including phenoxy) is 1. The highest BCUT2D eigenvalue weighted by Gasteiger charge is 2.20. The summed E-state index contributed by atoms with van der Waals surface area (Å²) >= 11 is 0. The molecule has 1 aromatic carbocycles. The fourth-order valence-electron chi connectivity index (χ4n) is 2.43. The van der Waals surface area contributed by atoms with Gasteiger partial charge in [-0.05, 0) is 37.1 Å². The number of nitrogens with two attached hydrogens (primary N) is 1. The minimum atomic E-state index is 0.0656. The molecule has 1 aliphatic heterocycles. The lowest BCUT2D eigenvalue weighted by atomic mass is 10.1. The quantitative estimate of drug-likeness (QED) is 0.930. The molecule has 0 unspecified atom stereocenters. The minimum absolute atomic E-state index is 0.0656. The fraction of sp³-hybridized carbons (Fsp3) is 0.312. The van der Waals surface area contributed by atoms with Crippen LogP contribution in [0.25, 0.3) is 0 Å². The Morgan fingerprint density at radius 3 is 2.35 bits per heavy atom. The molecule has 0 saturated carbocycles. The SMILES string of the molecule is CC(C)Oc1nc(N2Cc3ccccc3C2)ccc1N. The van der Waals surface area contributed by atoms with Crippen molar-refractivity contribution >= 4 is 11.5 Å². The Kier molecular flexibility index (Phi) is 3.22. The van der Waals surface area contributed by atoms with Crippen LogP contribution in [0.1, 0.15) is 25.0 Å². The van der Waals surface area contributed by atoms with Crippen molar-refractivity contribution in [3.05, 3.63) is 47.5 Å². The van der Waals surface area contributed by atoms with Crippen LogP contribution in [-0.4, -0.2) is 11.1 Å². The average molecular weight is 269 g/mol. The van der Waals surface area contributed by atoms with Gasteiger partial charge in [0.2, 0.25) is 5.88 Å². The highest BCUT2D eigenvalue weighted by molar-refractivity contribution is 5.56. The molecule has 3 rings (SSSR count). The molecular weight excluding hydrogens is 250 g/mol. The number of benzene rings is 1. The van der Waals surface area contributed by atoms with Crippen LogP contribution in [0.3, 0.4) is 0 Å². The van der Waals surface area contributed by atoms with Gasteiger partial charge in [0.15, 0.2) is 0 Å². The van der Waals surface area contributed by atoms with Gasteiger partial charge in [-0.15, -0.1) is 0 Å². The number of rotatable bonds is 3. The molecule has 4 nitrogen and oxygen atoms in total. The van der Waals surface area contributed by atoms with Crippen LogP contribution in [0.4, 0.5) is 11.5 Å². The van der Waals surface area contributed by atoms with E-state index in [1.54, 1.807) is 0 Å². The fourth-order valence-corrected chi connectivity index (χ4v) is 2.43. The first-order valence-corrected chi connectivity index (χ1v) is 6.88. The Balaban J connectivity index is 1.86. The number of hydrogen-bond acceptors (Lipinski definition) is 4. The van der Waals surface area contributed by atoms with Crippen molar-refractivity contribution < 1.29 is 4.74 Å².